The lowest BCUT2D eigenvalue weighted by Crippen LogP contribution is -2.34. The third-order valence-corrected chi connectivity index (χ3v) is 2.88. The van der Waals surface area contributed by atoms with Gasteiger partial charge < -0.3 is 10.6 Å². The van der Waals surface area contributed by atoms with Crippen molar-refractivity contribution in [3.8, 4) is 0 Å². The smallest absolute Gasteiger partial charge is 0.313 e. The minimum atomic E-state index is -0.736. The van der Waals surface area contributed by atoms with E-state index < -0.39 is 11.8 Å². The number of rotatable bonds is 3. The summed E-state index contributed by atoms with van der Waals surface area (Å²) in [6, 6.07) is 12.8. The Morgan fingerprint density at radius 3 is 2.19 bits per heavy atom. The van der Waals surface area contributed by atoms with Crippen molar-refractivity contribution in [3.63, 3.8) is 0 Å². The molecule has 0 aliphatic heterocycles. The number of nitrogens with one attached hydrogen (secondary N) is 2. The summed E-state index contributed by atoms with van der Waals surface area (Å²) in [4.78, 5) is 23.3. The van der Waals surface area contributed by atoms with E-state index in [1.807, 2.05) is 19.1 Å². The van der Waals surface area contributed by atoms with E-state index in [1.54, 1.807) is 24.3 Å². The fourth-order valence-corrected chi connectivity index (χ4v) is 1.69. The molecule has 0 saturated carbocycles. The standard InChI is InChI=1S/C16H15FN2O2/c1-11-2-8-14(9-3-11)19-16(21)15(20)18-10-12-4-6-13(17)7-5-12/h2-9H,10H2,1H3,(H,18,20)(H,19,21). The van der Waals surface area contributed by atoms with Crippen LogP contribution in [-0.2, 0) is 16.1 Å². The molecule has 0 saturated heterocycles. The highest BCUT2D eigenvalue weighted by Crippen LogP contribution is 2.08. The van der Waals surface area contributed by atoms with Gasteiger partial charge in [0.05, 0.1) is 0 Å². The maximum atomic E-state index is 12.7. The van der Waals surface area contributed by atoms with Crippen LogP contribution >= 0.6 is 0 Å². The summed E-state index contributed by atoms with van der Waals surface area (Å²) in [5.41, 5.74) is 2.34. The largest absolute Gasteiger partial charge is 0.344 e. The molecular formula is C16H15FN2O2. The first-order valence-corrected chi connectivity index (χ1v) is 6.45. The van der Waals surface area contributed by atoms with Crippen LogP contribution in [0.25, 0.3) is 0 Å². The molecule has 0 radical (unpaired) electrons. The third-order valence-electron chi connectivity index (χ3n) is 2.88. The van der Waals surface area contributed by atoms with Gasteiger partial charge in [0.2, 0.25) is 0 Å². The molecular weight excluding hydrogens is 271 g/mol. The van der Waals surface area contributed by atoms with E-state index in [1.165, 1.54) is 12.1 Å². The van der Waals surface area contributed by atoms with Crippen molar-refractivity contribution in [2.75, 3.05) is 5.32 Å². The van der Waals surface area contributed by atoms with Crippen LogP contribution in [0.5, 0.6) is 0 Å². The van der Waals surface area contributed by atoms with Gasteiger partial charge in [-0.2, -0.15) is 0 Å². The zero-order chi connectivity index (χ0) is 15.2. The van der Waals surface area contributed by atoms with E-state index in [0.29, 0.717) is 11.3 Å². The predicted octanol–water partition coefficient (Wildman–Crippen LogP) is 2.39. The van der Waals surface area contributed by atoms with E-state index in [-0.39, 0.29) is 12.4 Å². The first-order chi connectivity index (χ1) is 10.0. The van der Waals surface area contributed by atoms with Crippen molar-refractivity contribution >= 4 is 17.5 Å². The zero-order valence-corrected chi connectivity index (χ0v) is 11.5. The Labute approximate surface area is 122 Å². The third kappa shape index (κ3) is 4.42. The van der Waals surface area contributed by atoms with Crippen LogP contribution in [-0.4, -0.2) is 11.8 Å². The van der Waals surface area contributed by atoms with Crippen molar-refractivity contribution in [1.29, 1.82) is 0 Å². The molecule has 0 aliphatic carbocycles. The molecule has 0 heterocycles. The lowest BCUT2D eigenvalue weighted by atomic mass is 10.2. The van der Waals surface area contributed by atoms with Gasteiger partial charge >= 0.3 is 11.8 Å². The topological polar surface area (TPSA) is 58.2 Å². The molecule has 0 bridgehead atoms. The van der Waals surface area contributed by atoms with E-state index >= 15 is 0 Å². The number of hydrogen-bond donors (Lipinski definition) is 2. The maximum Gasteiger partial charge on any atom is 0.313 e. The van der Waals surface area contributed by atoms with Crippen LogP contribution in [0, 0.1) is 12.7 Å². The SMILES string of the molecule is Cc1ccc(NC(=O)C(=O)NCc2ccc(F)cc2)cc1. The van der Waals surface area contributed by atoms with Gasteiger partial charge in [0.25, 0.3) is 0 Å². The minimum absolute atomic E-state index is 0.167. The van der Waals surface area contributed by atoms with Crippen molar-refractivity contribution in [2.45, 2.75) is 13.5 Å². The Morgan fingerprint density at radius 2 is 1.57 bits per heavy atom. The van der Waals surface area contributed by atoms with Crippen LogP contribution in [0.15, 0.2) is 48.5 Å². The summed E-state index contributed by atoms with van der Waals surface area (Å²) in [6.45, 7) is 2.10. The molecule has 0 aromatic heterocycles. The highest BCUT2D eigenvalue weighted by atomic mass is 19.1. The van der Waals surface area contributed by atoms with Gasteiger partial charge in [-0.3, -0.25) is 9.59 Å². The summed E-state index contributed by atoms with van der Waals surface area (Å²) in [5.74, 6) is -1.82. The number of amides is 2. The van der Waals surface area contributed by atoms with Crippen LogP contribution in [0.4, 0.5) is 10.1 Å². The number of hydrogen-bond acceptors (Lipinski definition) is 2. The number of benzene rings is 2. The molecule has 0 unspecified atom stereocenters. The molecule has 2 amide bonds. The summed E-state index contributed by atoms with van der Waals surface area (Å²) in [6.07, 6.45) is 0. The Kier molecular flexibility index (Phi) is 4.66. The van der Waals surface area contributed by atoms with Crippen molar-refractivity contribution in [1.82, 2.24) is 5.32 Å². The van der Waals surface area contributed by atoms with Gasteiger partial charge in [0.1, 0.15) is 5.82 Å². The number of anilines is 1. The Morgan fingerprint density at radius 1 is 0.952 bits per heavy atom. The molecule has 21 heavy (non-hydrogen) atoms. The van der Waals surface area contributed by atoms with Crippen LogP contribution in [0.1, 0.15) is 11.1 Å². The number of aryl methyl sites for hydroxylation is 1. The minimum Gasteiger partial charge on any atom is -0.344 e. The quantitative estimate of drug-likeness (QED) is 0.851. The van der Waals surface area contributed by atoms with Crippen LogP contribution in [0.3, 0.4) is 0 Å². The number of carbonyl (C=O) groups excluding carboxylic acids is 2. The van der Waals surface area contributed by atoms with E-state index in [2.05, 4.69) is 10.6 Å². The molecule has 2 N–H and O–H groups in total. The fourth-order valence-electron chi connectivity index (χ4n) is 1.69. The van der Waals surface area contributed by atoms with Gasteiger partial charge in [-0.1, -0.05) is 29.8 Å². The number of halogens is 1. The fraction of sp³-hybridized carbons (Fsp3) is 0.125. The molecule has 0 spiro atoms. The zero-order valence-electron chi connectivity index (χ0n) is 11.5. The van der Waals surface area contributed by atoms with Gasteiger partial charge in [0.15, 0.2) is 0 Å². The van der Waals surface area contributed by atoms with Gasteiger partial charge in [-0.25, -0.2) is 4.39 Å². The lowest BCUT2D eigenvalue weighted by Gasteiger charge is -2.07. The monoisotopic (exact) mass is 286 g/mol. The molecule has 0 fully saturated rings. The molecule has 0 atom stereocenters. The second-order valence-electron chi connectivity index (χ2n) is 4.63. The highest BCUT2D eigenvalue weighted by Gasteiger charge is 2.13. The van der Waals surface area contributed by atoms with E-state index in [9.17, 15) is 14.0 Å². The summed E-state index contributed by atoms with van der Waals surface area (Å²) >= 11 is 0. The molecule has 108 valence electrons. The highest BCUT2D eigenvalue weighted by molar-refractivity contribution is 6.39. The Balaban J connectivity index is 1.86. The second kappa shape index (κ2) is 6.65. The predicted molar refractivity (Wildman–Crippen MR) is 78.1 cm³/mol. The summed E-state index contributed by atoms with van der Waals surface area (Å²) in [5, 5.41) is 4.98. The summed E-state index contributed by atoms with van der Waals surface area (Å²) in [7, 11) is 0. The molecule has 2 aromatic carbocycles. The van der Waals surface area contributed by atoms with Crippen LogP contribution < -0.4 is 10.6 Å². The van der Waals surface area contributed by atoms with E-state index in [0.717, 1.165) is 5.56 Å². The summed E-state index contributed by atoms with van der Waals surface area (Å²) < 4.78 is 12.7. The molecule has 0 aliphatic rings. The molecule has 4 nitrogen and oxygen atoms in total. The first kappa shape index (κ1) is 14.7. The van der Waals surface area contributed by atoms with E-state index in [4.69, 9.17) is 0 Å². The average molecular weight is 286 g/mol. The second-order valence-corrected chi connectivity index (χ2v) is 4.63. The normalized spacial score (nSPS) is 10.0. The Bertz CT molecular complexity index is 636. The van der Waals surface area contributed by atoms with Crippen molar-refractivity contribution in [3.05, 3.63) is 65.5 Å². The average Bonchev–Trinajstić information content (AvgIpc) is 2.48. The molecule has 5 heteroatoms. The molecule has 2 aromatic rings. The lowest BCUT2D eigenvalue weighted by molar-refractivity contribution is -0.136. The number of carbonyl (C=O) groups is 2. The van der Waals surface area contributed by atoms with Gasteiger partial charge in [-0.15, -0.1) is 0 Å². The van der Waals surface area contributed by atoms with Crippen molar-refractivity contribution < 1.29 is 14.0 Å². The molecule has 2 rings (SSSR count). The van der Waals surface area contributed by atoms with Gasteiger partial charge in [-0.05, 0) is 36.8 Å². The van der Waals surface area contributed by atoms with Crippen LogP contribution in [0.2, 0.25) is 0 Å². The first-order valence-electron chi connectivity index (χ1n) is 6.45. The maximum absolute atomic E-state index is 12.7. The Hall–Kier alpha value is -2.69. The van der Waals surface area contributed by atoms with Crippen molar-refractivity contribution in [2.24, 2.45) is 0 Å². The van der Waals surface area contributed by atoms with Gasteiger partial charge in [0, 0.05) is 12.2 Å².